The van der Waals surface area contributed by atoms with Crippen LogP contribution in [0.1, 0.15) is 18.1 Å². The van der Waals surface area contributed by atoms with E-state index in [1.807, 2.05) is 13.0 Å². The zero-order chi connectivity index (χ0) is 12.3. The molecule has 0 aromatic heterocycles. The SMILES string of the molecule is C[C@H](CO)COc1cccc2c1CN(C)CC2. The Morgan fingerprint density at radius 1 is 1.47 bits per heavy atom. The van der Waals surface area contributed by atoms with Gasteiger partial charge in [0.2, 0.25) is 0 Å². The summed E-state index contributed by atoms with van der Waals surface area (Å²) in [6.45, 7) is 4.82. The number of aliphatic hydroxyl groups excluding tert-OH is 1. The van der Waals surface area contributed by atoms with Gasteiger partial charge in [0, 0.05) is 31.2 Å². The van der Waals surface area contributed by atoms with Gasteiger partial charge in [0.05, 0.1) is 6.61 Å². The molecule has 0 saturated heterocycles. The number of hydrogen-bond acceptors (Lipinski definition) is 3. The maximum atomic E-state index is 9.01. The number of rotatable bonds is 4. The fraction of sp³-hybridized carbons (Fsp3) is 0.571. The molecule has 0 amide bonds. The zero-order valence-corrected chi connectivity index (χ0v) is 10.6. The lowest BCUT2D eigenvalue weighted by Crippen LogP contribution is -2.27. The Hall–Kier alpha value is -1.06. The van der Waals surface area contributed by atoms with Crippen LogP contribution in [0.2, 0.25) is 0 Å². The van der Waals surface area contributed by atoms with E-state index < -0.39 is 0 Å². The molecule has 1 aromatic rings. The first-order valence-electron chi connectivity index (χ1n) is 6.23. The van der Waals surface area contributed by atoms with Gasteiger partial charge in [-0.3, -0.25) is 0 Å². The smallest absolute Gasteiger partial charge is 0.124 e. The average molecular weight is 235 g/mol. The standard InChI is InChI=1S/C14H21NO2/c1-11(9-16)10-17-14-5-3-4-12-6-7-15(2)8-13(12)14/h3-5,11,16H,6-10H2,1-2H3/t11-/m1/s1. The van der Waals surface area contributed by atoms with Gasteiger partial charge >= 0.3 is 0 Å². The van der Waals surface area contributed by atoms with Crippen LogP contribution in [0.25, 0.3) is 0 Å². The lowest BCUT2D eigenvalue weighted by atomic mass is 9.99. The monoisotopic (exact) mass is 235 g/mol. The van der Waals surface area contributed by atoms with E-state index in [0.717, 1.165) is 25.3 Å². The molecule has 0 unspecified atom stereocenters. The highest BCUT2D eigenvalue weighted by molar-refractivity contribution is 5.41. The number of benzene rings is 1. The van der Waals surface area contributed by atoms with Crippen molar-refractivity contribution >= 4 is 0 Å². The van der Waals surface area contributed by atoms with Gasteiger partial charge < -0.3 is 14.7 Å². The van der Waals surface area contributed by atoms with E-state index in [9.17, 15) is 0 Å². The summed E-state index contributed by atoms with van der Waals surface area (Å²) in [5.74, 6) is 1.17. The van der Waals surface area contributed by atoms with Crippen LogP contribution in [0.3, 0.4) is 0 Å². The van der Waals surface area contributed by atoms with Gasteiger partial charge in [-0.15, -0.1) is 0 Å². The lowest BCUT2D eigenvalue weighted by Gasteiger charge is -2.27. The molecule has 3 nitrogen and oxygen atoms in total. The van der Waals surface area contributed by atoms with Crippen molar-refractivity contribution < 1.29 is 9.84 Å². The summed E-state index contributed by atoms with van der Waals surface area (Å²) in [7, 11) is 2.13. The van der Waals surface area contributed by atoms with E-state index in [-0.39, 0.29) is 12.5 Å². The van der Waals surface area contributed by atoms with E-state index in [1.54, 1.807) is 0 Å². The van der Waals surface area contributed by atoms with Gasteiger partial charge in [0.1, 0.15) is 5.75 Å². The predicted octanol–water partition coefficient (Wildman–Crippen LogP) is 1.68. The molecule has 1 aliphatic heterocycles. The topological polar surface area (TPSA) is 32.7 Å². The first-order chi connectivity index (χ1) is 8.20. The summed E-state index contributed by atoms with van der Waals surface area (Å²) < 4.78 is 5.82. The second-order valence-electron chi connectivity index (χ2n) is 4.98. The summed E-state index contributed by atoms with van der Waals surface area (Å²) in [6, 6.07) is 6.27. The molecule has 17 heavy (non-hydrogen) atoms. The van der Waals surface area contributed by atoms with E-state index in [2.05, 4.69) is 24.1 Å². The fourth-order valence-corrected chi connectivity index (χ4v) is 2.11. The Balaban J connectivity index is 2.12. The Kier molecular flexibility index (Phi) is 4.02. The van der Waals surface area contributed by atoms with Crippen molar-refractivity contribution in [2.45, 2.75) is 19.9 Å². The predicted molar refractivity (Wildman–Crippen MR) is 68.2 cm³/mol. The Morgan fingerprint density at radius 3 is 3.06 bits per heavy atom. The van der Waals surface area contributed by atoms with Crippen LogP contribution in [-0.2, 0) is 13.0 Å². The summed E-state index contributed by atoms with van der Waals surface area (Å²) >= 11 is 0. The number of fused-ring (bicyclic) bond motifs is 1. The van der Waals surface area contributed by atoms with Crippen molar-refractivity contribution in [2.24, 2.45) is 5.92 Å². The highest BCUT2D eigenvalue weighted by atomic mass is 16.5. The van der Waals surface area contributed by atoms with Crippen LogP contribution >= 0.6 is 0 Å². The molecule has 1 heterocycles. The van der Waals surface area contributed by atoms with Crippen LogP contribution in [0.15, 0.2) is 18.2 Å². The normalized spacial score (nSPS) is 17.6. The highest BCUT2D eigenvalue weighted by Gasteiger charge is 2.17. The molecule has 2 rings (SSSR count). The Bertz CT molecular complexity index is 378. The molecular formula is C14H21NO2. The van der Waals surface area contributed by atoms with Crippen LogP contribution in [0.5, 0.6) is 5.75 Å². The van der Waals surface area contributed by atoms with E-state index in [4.69, 9.17) is 9.84 Å². The summed E-state index contributed by atoms with van der Waals surface area (Å²) in [6.07, 6.45) is 1.10. The van der Waals surface area contributed by atoms with Crippen molar-refractivity contribution in [3.8, 4) is 5.75 Å². The molecule has 0 radical (unpaired) electrons. The van der Waals surface area contributed by atoms with E-state index in [1.165, 1.54) is 11.1 Å². The van der Waals surface area contributed by atoms with Gasteiger partial charge in [0.25, 0.3) is 0 Å². The largest absolute Gasteiger partial charge is 0.493 e. The molecular weight excluding hydrogens is 214 g/mol. The summed E-state index contributed by atoms with van der Waals surface area (Å²) in [5, 5.41) is 9.01. The molecule has 94 valence electrons. The van der Waals surface area contributed by atoms with Crippen LogP contribution < -0.4 is 4.74 Å². The third-order valence-electron chi connectivity index (χ3n) is 3.26. The number of hydrogen-bond donors (Lipinski definition) is 1. The van der Waals surface area contributed by atoms with Crippen molar-refractivity contribution in [1.29, 1.82) is 0 Å². The quantitative estimate of drug-likeness (QED) is 0.862. The third kappa shape index (κ3) is 2.99. The summed E-state index contributed by atoms with van der Waals surface area (Å²) in [5.41, 5.74) is 2.71. The molecule has 0 aliphatic carbocycles. The molecule has 1 N–H and O–H groups in total. The Morgan fingerprint density at radius 2 is 2.29 bits per heavy atom. The summed E-state index contributed by atoms with van der Waals surface area (Å²) in [4.78, 5) is 2.31. The first-order valence-corrected chi connectivity index (χ1v) is 6.23. The number of likely N-dealkylation sites (N-methyl/N-ethyl adjacent to an activating group) is 1. The fourth-order valence-electron chi connectivity index (χ4n) is 2.11. The molecule has 3 heteroatoms. The van der Waals surface area contributed by atoms with Crippen LogP contribution in [-0.4, -0.2) is 36.8 Å². The van der Waals surface area contributed by atoms with Crippen molar-refractivity contribution in [3.63, 3.8) is 0 Å². The zero-order valence-electron chi connectivity index (χ0n) is 10.6. The lowest BCUT2D eigenvalue weighted by molar-refractivity contribution is 0.172. The van der Waals surface area contributed by atoms with Crippen LogP contribution in [0, 0.1) is 5.92 Å². The van der Waals surface area contributed by atoms with Gasteiger partial charge in [-0.05, 0) is 25.1 Å². The van der Waals surface area contributed by atoms with E-state index >= 15 is 0 Å². The van der Waals surface area contributed by atoms with Crippen molar-refractivity contribution in [2.75, 3.05) is 26.8 Å². The minimum atomic E-state index is 0.176. The van der Waals surface area contributed by atoms with E-state index in [0.29, 0.717) is 6.61 Å². The molecule has 0 bridgehead atoms. The third-order valence-corrected chi connectivity index (χ3v) is 3.26. The second kappa shape index (κ2) is 5.52. The molecule has 0 saturated carbocycles. The second-order valence-corrected chi connectivity index (χ2v) is 4.98. The number of nitrogens with zero attached hydrogens (tertiary/aromatic N) is 1. The van der Waals surface area contributed by atoms with Gasteiger partial charge in [-0.25, -0.2) is 0 Å². The van der Waals surface area contributed by atoms with Gasteiger partial charge in [-0.2, -0.15) is 0 Å². The number of aliphatic hydroxyl groups is 1. The first kappa shape index (κ1) is 12.4. The average Bonchev–Trinajstić information content (AvgIpc) is 2.35. The minimum Gasteiger partial charge on any atom is -0.493 e. The van der Waals surface area contributed by atoms with Gasteiger partial charge in [-0.1, -0.05) is 19.1 Å². The van der Waals surface area contributed by atoms with Crippen LogP contribution in [0.4, 0.5) is 0 Å². The van der Waals surface area contributed by atoms with Crippen molar-refractivity contribution in [3.05, 3.63) is 29.3 Å². The molecule has 1 aromatic carbocycles. The van der Waals surface area contributed by atoms with Crippen molar-refractivity contribution in [1.82, 2.24) is 4.90 Å². The Labute approximate surface area is 103 Å². The maximum absolute atomic E-state index is 9.01. The molecule has 1 atom stereocenters. The highest BCUT2D eigenvalue weighted by Crippen LogP contribution is 2.27. The molecule has 0 spiro atoms. The molecule has 0 fully saturated rings. The van der Waals surface area contributed by atoms with Gasteiger partial charge in [0.15, 0.2) is 0 Å². The molecule has 1 aliphatic rings. The maximum Gasteiger partial charge on any atom is 0.124 e. The minimum absolute atomic E-state index is 0.176. The number of ether oxygens (including phenoxy) is 1.